The fourth-order valence-electron chi connectivity index (χ4n) is 2.62. The van der Waals surface area contributed by atoms with Gasteiger partial charge in [-0.3, -0.25) is 9.59 Å². The summed E-state index contributed by atoms with van der Waals surface area (Å²) in [6.45, 7) is 4.01. The Balaban J connectivity index is 1.91. The molecule has 0 aliphatic carbocycles. The Morgan fingerprint density at radius 1 is 1.19 bits per heavy atom. The van der Waals surface area contributed by atoms with Crippen LogP contribution in [0.15, 0.2) is 47.3 Å². The van der Waals surface area contributed by atoms with Gasteiger partial charge in [0.05, 0.1) is 17.3 Å². The second-order valence-corrected chi connectivity index (χ2v) is 7.21. The second-order valence-electron chi connectivity index (χ2n) is 6.12. The number of H-pyrrole nitrogens is 1. The smallest absolute Gasteiger partial charge is 0.266 e. The SMILES string of the molecule is COc1ccccc1NC(=O)C=c1[nH]c(=O)c(=Cc2cc(C)ccc2C)s1. The third-order valence-electron chi connectivity index (χ3n) is 4.03. The van der Waals surface area contributed by atoms with Gasteiger partial charge >= 0.3 is 0 Å². The van der Waals surface area contributed by atoms with E-state index in [9.17, 15) is 9.59 Å². The Kier molecular flexibility index (Phi) is 5.57. The van der Waals surface area contributed by atoms with Crippen molar-refractivity contribution in [3.05, 3.63) is 78.7 Å². The number of nitrogens with one attached hydrogen (secondary N) is 2. The largest absolute Gasteiger partial charge is 0.495 e. The molecule has 27 heavy (non-hydrogen) atoms. The lowest BCUT2D eigenvalue weighted by Gasteiger charge is -2.07. The first-order valence-corrected chi connectivity index (χ1v) is 9.22. The third kappa shape index (κ3) is 4.54. The van der Waals surface area contributed by atoms with Gasteiger partial charge in [-0.25, -0.2) is 0 Å². The van der Waals surface area contributed by atoms with Gasteiger partial charge in [0.15, 0.2) is 0 Å². The van der Waals surface area contributed by atoms with Crippen LogP contribution in [0, 0.1) is 13.8 Å². The maximum Gasteiger partial charge on any atom is 0.266 e. The van der Waals surface area contributed by atoms with Gasteiger partial charge in [-0.05, 0) is 43.2 Å². The zero-order valence-corrected chi connectivity index (χ0v) is 16.1. The third-order valence-corrected chi connectivity index (χ3v) is 4.99. The van der Waals surface area contributed by atoms with Crippen molar-refractivity contribution in [3.63, 3.8) is 0 Å². The summed E-state index contributed by atoms with van der Waals surface area (Å²) in [6, 6.07) is 13.2. The molecule has 5 nitrogen and oxygen atoms in total. The summed E-state index contributed by atoms with van der Waals surface area (Å²) in [5, 5.41) is 2.76. The van der Waals surface area contributed by atoms with Crippen LogP contribution in [0.3, 0.4) is 0 Å². The maximum atomic E-state index is 12.3. The van der Waals surface area contributed by atoms with Gasteiger partial charge < -0.3 is 15.0 Å². The van der Waals surface area contributed by atoms with Gasteiger partial charge in [0.2, 0.25) is 0 Å². The number of rotatable bonds is 4. The number of carbonyl (C=O) groups excluding carboxylic acids is 1. The first kappa shape index (κ1) is 18.7. The van der Waals surface area contributed by atoms with Crippen molar-refractivity contribution in [1.29, 1.82) is 0 Å². The molecule has 3 aromatic rings. The van der Waals surface area contributed by atoms with E-state index in [1.807, 2.05) is 50.3 Å². The number of benzene rings is 2. The predicted octanol–water partition coefficient (Wildman–Crippen LogP) is 2.31. The Labute approximate surface area is 160 Å². The molecular weight excluding hydrogens is 360 g/mol. The van der Waals surface area contributed by atoms with E-state index < -0.39 is 0 Å². The van der Waals surface area contributed by atoms with Crippen LogP contribution in [0.25, 0.3) is 12.2 Å². The topological polar surface area (TPSA) is 71.2 Å². The first-order valence-electron chi connectivity index (χ1n) is 8.40. The van der Waals surface area contributed by atoms with E-state index in [0.717, 1.165) is 16.7 Å². The molecule has 0 unspecified atom stereocenters. The van der Waals surface area contributed by atoms with E-state index >= 15 is 0 Å². The molecule has 0 aliphatic heterocycles. The molecule has 0 aliphatic rings. The highest BCUT2D eigenvalue weighted by Gasteiger charge is 2.05. The minimum absolute atomic E-state index is 0.211. The zero-order valence-electron chi connectivity index (χ0n) is 15.3. The zero-order chi connectivity index (χ0) is 19.4. The number of para-hydroxylation sites is 2. The number of methoxy groups -OCH3 is 1. The van der Waals surface area contributed by atoms with Crippen molar-refractivity contribution in [2.75, 3.05) is 12.4 Å². The number of aryl methyl sites for hydroxylation is 2. The molecule has 0 bridgehead atoms. The van der Waals surface area contributed by atoms with Crippen molar-refractivity contribution < 1.29 is 9.53 Å². The molecule has 6 heteroatoms. The van der Waals surface area contributed by atoms with E-state index in [1.165, 1.54) is 17.4 Å². The molecule has 1 heterocycles. The summed E-state index contributed by atoms with van der Waals surface area (Å²) >= 11 is 1.25. The van der Waals surface area contributed by atoms with Crippen molar-refractivity contribution in [1.82, 2.24) is 4.98 Å². The highest BCUT2D eigenvalue weighted by atomic mass is 32.1. The van der Waals surface area contributed by atoms with Crippen LogP contribution >= 0.6 is 11.3 Å². The van der Waals surface area contributed by atoms with Crippen molar-refractivity contribution in [3.8, 4) is 5.75 Å². The van der Waals surface area contributed by atoms with Crippen molar-refractivity contribution in [2.45, 2.75) is 13.8 Å². The standard InChI is InChI=1S/C21H20N2O3S/c1-13-8-9-14(2)15(10-13)11-18-21(25)23-20(27-18)12-19(24)22-16-6-4-5-7-17(16)26-3/h4-12H,1-3H3,(H,22,24)(H,23,25). The Morgan fingerprint density at radius 3 is 2.74 bits per heavy atom. The highest BCUT2D eigenvalue weighted by molar-refractivity contribution is 7.07. The molecule has 1 aromatic heterocycles. The molecular formula is C21H20N2O3S. The lowest BCUT2D eigenvalue weighted by molar-refractivity contribution is -0.110. The summed E-state index contributed by atoms with van der Waals surface area (Å²) in [4.78, 5) is 27.2. The average Bonchev–Trinajstić information content (AvgIpc) is 2.97. The van der Waals surface area contributed by atoms with Gasteiger partial charge in [0, 0.05) is 6.08 Å². The summed E-state index contributed by atoms with van der Waals surface area (Å²) in [5.74, 6) is 0.234. The number of aromatic amines is 1. The molecule has 2 N–H and O–H groups in total. The number of ether oxygens (including phenoxy) is 1. The Morgan fingerprint density at radius 2 is 1.96 bits per heavy atom. The molecule has 0 radical (unpaired) electrons. The first-order chi connectivity index (χ1) is 13.0. The van der Waals surface area contributed by atoms with E-state index in [-0.39, 0.29) is 11.5 Å². The van der Waals surface area contributed by atoms with Gasteiger partial charge in [-0.2, -0.15) is 0 Å². The minimum Gasteiger partial charge on any atom is -0.495 e. The number of amides is 1. The monoisotopic (exact) mass is 380 g/mol. The molecule has 0 atom stereocenters. The molecule has 138 valence electrons. The summed E-state index contributed by atoms with van der Waals surface area (Å²) < 4.78 is 6.26. The normalized spacial score (nSPS) is 12.3. The fourth-order valence-corrected chi connectivity index (χ4v) is 3.49. The van der Waals surface area contributed by atoms with Gasteiger partial charge in [-0.1, -0.05) is 35.9 Å². The van der Waals surface area contributed by atoms with Crippen molar-refractivity contribution >= 4 is 35.1 Å². The van der Waals surface area contributed by atoms with E-state index in [0.29, 0.717) is 20.6 Å². The molecule has 0 saturated carbocycles. The van der Waals surface area contributed by atoms with Gasteiger partial charge in [0.25, 0.3) is 11.5 Å². The Hall–Kier alpha value is -3.12. The molecule has 0 spiro atoms. The molecule has 1 amide bonds. The summed E-state index contributed by atoms with van der Waals surface area (Å²) in [5.41, 5.74) is 3.57. The van der Waals surface area contributed by atoms with Crippen LogP contribution in [0.2, 0.25) is 0 Å². The van der Waals surface area contributed by atoms with Crippen LogP contribution in [-0.4, -0.2) is 18.0 Å². The van der Waals surface area contributed by atoms with Crippen LogP contribution in [-0.2, 0) is 4.79 Å². The Bertz CT molecular complexity index is 1160. The maximum absolute atomic E-state index is 12.3. The number of anilines is 1. The van der Waals surface area contributed by atoms with Crippen LogP contribution < -0.4 is 24.8 Å². The highest BCUT2D eigenvalue weighted by Crippen LogP contribution is 2.22. The number of hydrogen-bond acceptors (Lipinski definition) is 4. The summed E-state index contributed by atoms with van der Waals surface area (Å²) in [6.07, 6.45) is 3.22. The van der Waals surface area contributed by atoms with Crippen LogP contribution in [0.5, 0.6) is 5.75 Å². The van der Waals surface area contributed by atoms with E-state index in [1.54, 1.807) is 19.2 Å². The average molecular weight is 380 g/mol. The fraction of sp³-hybridized carbons (Fsp3) is 0.143. The molecule has 0 saturated heterocycles. The molecule has 3 rings (SSSR count). The molecule has 0 fully saturated rings. The minimum atomic E-state index is -0.338. The van der Waals surface area contributed by atoms with Crippen LogP contribution in [0.1, 0.15) is 16.7 Å². The number of carbonyl (C=O) groups is 1. The number of hydrogen-bond donors (Lipinski definition) is 2. The van der Waals surface area contributed by atoms with Gasteiger partial charge in [0.1, 0.15) is 10.4 Å². The predicted molar refractivity (Wildman–Crippen MR) is 110 cm³/mol. The van der Waals surface area contributed by atoms with Crippen LogP contribution in [0.4, 0.5) is 5.69 Å². The lowest BCUT2D eigenvalue weighted by atomic mass is 10.1. The summed E-state index contributed by atoms with van der Waals surface area (Å²) in [7, 11) is 1.54. The number of aromatic nitrogens is 1. The van der Waals surface area contributed by atoms with Crippen molar-refractivity contribution in [2.24, 2.45) is 0 Å². The lowest BCUT2D eigenvalue weighted by Crippen LogP contribution is -2.20. The molecule has 2 aromatic carbocycles. The van der Waals surface area contributed by atoms with E-state index in [2.05, 4.69) is 10.3 Å². The second kappa shape index (κ2) is 8.05. The van der Waals surface area contributed by atoms with E-state index in [4.69, 9.17) is 4.74 Å². The quantitative estimate of drug-likeness (QED) is 0.730. The number of thiazole rings is 1. The van der Waals surface area contributed by atoms with Gasteiger partial charge in [-0.15, -0.1) is 11.3 Å².